The smallest absolute Gasteiger partial charge is 0.308 e. The Hall–Kier alpha value is -2.74. The zero-order chi connectivity index (χ0) is 18.8. The van der Waals surface area contributed by atoms with E-state index in [2.05, 4.69) is 31.2 Å². The number of rotatable bonds is 4. The summed E-state index contributed by atoms with van der Waals surface area (Å²) in [7, 11) is 1.48. The van der Waals surface area contributed by atoms with Gasteiger partial charge in [-0.3, -0.25) is 4.79 Å². The summed E-state index contributed by atoms with van der Waals surface area (Å²) < 4.78 is 24.4. The van der Waals surface area contributed by atoms with Crippen molar-refractivity contribution < 1.29 is 18.7 Å². The molecule has 8 heteroatoms. The molecule has 3 rings (SSSR count). The van der Waals surface area contributed by atoms with E-state index in [0.717, 1.165) is 0 Å². The molecule has 2 aromatic carbocycles. The second kappa shape index (κ2) is 7.25. The maximum absolute atomic E-state index is 13.6. The Bertz CT molecular complexity index is 1010. The number of methoxy groups -OCH3 is 1. The van der Waals surface area contributed by atoms with Crippen LogP contribution in [0.15, 0.2) is 35.1 Å². The minimum Gasteiger partial charge on any atom is -0.493 e. The molecule has 3 aromatic rings. The Labute approximate surface area is 157 Å². The van der Waals surface area contributed by atoms with Crippen LogP contribution in [0.5, 0.6) is 11.5 Å². The molecule has 0 radical (unpaired) electrons. The first-order chi connectivity index (χ1) is 12.4. The predicted molar refractivity (Wildman–Crippen MR) is 99.5 cm³/mol. The van der Waals surface area contributed by atoms with Gasteiger partial charge in [0, 0.05) is 24.1 Å². The van der Waals surface area contributed by atoms with Gasteiger partial charge >= 0.3 is 5.97 Å². The molecule has 0 aliphatic carbocycles. The topological polar surface area (TPSA) is 73.3 Å². The first kappa shape index (κ1) is 18.1. The van der Waals surface area contributed by atoms with E-state index in [9.17, 15) is 9.18 Å². The largest absolute Gasteiger partial charge is 0.493 e. The summed E-state index contributed by atoms with van der Waals surface area (Å²) in [5.41, 5.74) is 2.00. The van der Waals surface area contributed by atoms with Crippen molar-refractivity contribution in [2.24, 2.45) is 0 Å². The van der Waals surface area contributed by atoms with E-state index >= 15 is 0 Å². The molecule has 0 aliphatic heterocycles. The van der Waals surface area contributed by atoms with Gasteiger partial charge in [0.1, 0.15) is 18.0 Å². The van der Waals surface area contributed by atoms with E-state index in [1.807, 2.05) is 0 Å². The van der Waals surface area contributed by atoms with Gasteiger partial charge in [0.2, 0.25) is 0 Å². The lowest BCUT2D eigenvalue weighted by Gasteiger charge is -2.14. The number of nitrogens with one attached hydrogen (secondary N) is 1. The summed E-state index contributed by atoms with van der Waals surface area (Å²) in [6, 6.07) is 6.35. The number of anilines is 2. The molecule has 0 atom stereocenters. The van der Waals surface area contributed by atoms with Crippen molar-refractivity contribution >= 4 is 44.3 Å². The van der Waals surface area contributed by atoms with E-state index < -0.39 is 5.97 Å². The highest BCUT2D eigenvalue weighted by molar-refractivity contribution is 9.10. The van der Waals surface area contributed by atoms with Crippen LogP contribution < -0.4 is 14.8 Å². The van der Waals surface area contributed by atoms with E-state index in [1.54, 1.807) is 25.1 Å². The maximum Gasteiger partial charge on any atom is 0.308 e. The van der Waals surface area contributed by atoms with Crippen molar-refractivity contribution in [3.8, 4) is 11.5 Å². The molecule has 26 heavy (non-hydrogen) atoms. The van der Waals surface area contributed by atoms with Gasteiger partial charge in [0.15, 0.2) is 11.5 Å². The molecule has 0 bridgehead atoms. The Morgan fingerprint density at radius 2 is 1.96 bits per heavy atom. The van der Waals surface area contributed by atoms with Crippen molar-refractivity contribution in [1.29, 1.82) is 0 Å². The zero-order valence-electron chi connectivity index (χ0n) is 14.3. The monoisotopic (exact) mass is 419 g/mol. The number of nitrogens with zero attached hydrogens (tertiary/aromatic N) is 2. The van der Waals surface area contributed by atoms with Gasteiger partial charge in [-0.1, -0.05) is 0 Å². The third-order valence-corrected chi connectivity index (χ3v) is 4.30. The molecule has 0 amide bonds. The number of esters is 1. The summed E-state index contributed by atoms with van der Waals surface area (Å²) >= 11 is 3.18. The van der Waals surface area contributed by atoms with Crippen molar-refractivity contribution in [3.05, 3.63) is 46.4 Å². The van der Waals surface area contributed by atoms with Crippen LogP contribution in [0.3, 0.4) is 0 Å². The molecule has 0 aliphatic rings. The summed E-state index contributed by atoms with van der Waals surface area (Å²) in [6.07, 6.45) is 1.41. The minimum atomic E-state index is -0.465. The van der Waals surface area contributed by atoms with Crippen LogP contribution in [-0.2, 0) is 4.79 Å². The summed E-state index contributed by atoms with van der Waals surface area (Å²) in [5.74, 6) is 0.336. The number of halogens is 2. The fourth-order valence-corrected chi connectivity index (χ4v) is 2.81. The number of ether oxygens (including phenoxy) is 2. The fourth-order valence-electron chi connectivity index (χ4n) is 2.47. The fraction of sp³-hybridized carbons (Fsp3) is 0.167. The van der Waals surface area contributed by atoms with Gasteiger partial charge in [0.05, 0.1) is 17.1 Å². The Balaban J connectivity index is 2.11. The molecule has 0 saturated carbocycles. The highest BCUT2D eigenvalue weighted by atomic mass is 79.9. The molecule has 1 heterocycles. The number of aryl methyl sites for hydroxylation is 1. The average molecular weight is 420 g/mol. The third kappa shape index (κ3) is 3.60. The highest BCUT2D eigenvalue weighted by Gasteiger charge is 2.14. The van der Waals surface area contributed by atoms with Crippen LogP contribution in [0.1, 0.15) is 12.5 Å². The predicted octanol–water partition coefficient (Wildman–Crippen LogP) is 4.52. The molecular formula is C18H15BrFN3O3. The standard InChI is InChI=1S/C18H15BrFN3O3/c1-9-4-13(20)12(19)6-14(9)23-18-11-5-17(26-10(2)24)16(25-3)7-15(11)21-8-22-18/h4-8H,1-3H3,(H,21,22,23). The number of fused-ring (bicyclic) bond motifs is 1. The van der Waals surface area contributed by atoms with Crippen molar-refractivity contribution in [3.63, 3.8) is 0 Å². The van der Waals surface area contributed by atoms with Crippen LogP contribution in [0.4, 0.5) is 15.9 Å². The molecule has 134 valence electrons. The van der Waals surface area contributed by atoms with E-state index in [0.29, 0.717) is 38.2 Å². The lowest BCUT2D eigenvalue weighted by molar-refractivity contribution is -0.132. The van der Waals surface area contributed by atoms with Crippen LogP contribution in [-0.4, -0.2) is 23.0 Å². The molecule has 0 unspecified atom stereocenters. The molecular weight excluding hydrogens is 405 g/mol. The molecule has 0 fully saturated rings. The van der Waals surface area contributed by atoms with Gasteiger partial charge in [0.25, 0.3) is 0 Å². The Morgan fingerprint density at radius 1 is 1.19 bits per heavy atom. The quantitative estimate of drug-likeness (QED) is 0.495. The summed E-state index contributed by atoms with van der Waals surface area (Å²) in [6.45, 7) is 3.10. The van der Waals surface area contributed by atoms with Gasteiger partial charge < -0.3 is 14.8 Å². The number of aromatic nitrogens is 2. The second-order valence-electron chi connectivity index (χ2n) is 5.54. The highest BCUT2D eigenvalue weighted by Crippen LogP contribution is 2.35. The van der Waals surface area contributed by atoms with E-state index in [1.165, 1.54) is 26.4 Å². The zero-order valence-corrected chi connectivity index (χ0v) is 15.8. The summed E-state index contributed by atoms with van der Waals surface area (Å²) in [5, 5.41) is 3.80. The number of benzene rings is 2. The maximum atomic E-state index is 13.6. The molecule has 1 aromatic heterocycles. The number of carbonyl (C=O) groups excluding carboxylic acids is 1. The van der Waals surface area contributed by atoms with Gasteiger partial charge in [-0.05, 0) is 46.6 Å². The average Bonchev–Trinajstić information content (AvgIpc) is 2.59. The van der Waals surface area contributed by atoms with E-state index in [4.69, 9.17) is 9.47 Å². The third-order valence-electron chi connectivity index (χ3n) is 3.69. The van der Waals surface area contributed by atoms with Crippen LogP contribution in [0.2, 0.25) is 0 Å². The molecule has 0 saturated heterocycles. The number of hydrogen-bond donors (Lipinski definition) is 1. The van der Waals surface area contributed by atoms with Gasteiger partial charge in [-0.25, -0.2) is 14.4 Å². The van der Waals surface area contributed by atoms with Crippen LogP contribution in [0.25, 0.3) is 10.9 Å². The summed E-state index contributed by atoms with van der Waals surface area (Å²) in [4.78, 5) is 19.8. The molecule has 6 nitrogen and oxygen atoms in total. The van der Waals surface area contributed by atoms with Crippen molar-refractivity contribution in [2.75, 3.05) is 12.4 Å². The Kier molecular flexibility index (Phi) is 5.03. The minimum absolute atomic E-state index is 0.266. The lowest BCUT2D eigenvalue weighted by atomic mass is 10.1. The first-order valence-corrected chi connectivity index (χ1v) is 8.42. The SMILES string of the molecule is COc1cc2ncnc(Nc3cc(Br)c(F)cc3C)c2cc1OC(C)=O. The Morgan fingerprint density at radius 3 is 2.65 bits per heavy atom. The second-order valence-corrected chi connectivity index (χ2v) is 6.40. The van der Waals surface area contributed by atoms with Gasteiger partial charge in [-0.2, -0.15) is 0 Å². The van der Waals surface area contributed by atoms with Gasteiger partial charge in [-0.15, -0.1) is 0 Å². The first-order valence-electron chi connectivity index (χ1n) is 7.63. The lowest BCUT2D eigenvalue weighted by Crippen LogP contribution is -2.04. The van der Waals surface area contributed by atoms with Crippen molar-refractivity contribution in [1.82, 2.24) is 9.97 Å². The molecule has 0 spiro atoms. The normalized spacial score (nSPS) is 10.7. The van der Waals surface area contributed by atoms with Crippen LogP contribution in [0, 0.1) is 12.7 Å². The van der Waals surface area contributed by atoms with Crippen LogP contribution >= 0.6 is 15.9 Å². The van der Waals surface area contributed by atoms with Crippen molar-refractivity contribution in [2.45, 2.75) is 13.8 Å². The molecule has 1 N–H and O–H groups in total. The van der Waals surface area contributed by atoms with E-state index in [-0.39, 0.29) is 11.6 Å². The number of carbonyl (C=O) groups is 1. The number of hydrogen-bond acceptors (Lipinski definition) is 6.